The second-order valence-corrected chi connectivity index (χ2v) is 7.02. The normalized spacial score (nSPS) is 16.7. The molecule has 1 aliphatic rings. The fourth-order valence-corrected chi connectivity index (χ4v) is 3.55. The Balaban J connectivity index is 1.44. The van der Waals surface area contributed by atoms with Crippen molar-refractivity contribution in [3.05, 3.63) is 54.5 Å². The van der Waals surface area contributed by atoms with E-state index in [4.69, 9.17) is 4.74 Å². The smallest absolute Gasteiger partial charge is 0.255 e. The second kappa shape index (κ2) is 7.88. The molecule has 1 fully saturated rings. The second-order valence-electron chi connectivity index (χ2n) is 7.02. The summed E-state index contributed by atoms with van der Waals surface area (Å²) < 4.78 is 7.57. The molecule has 2 aromatic heterocycles. The lowest BCUT2D eigenvalue weighted by Crippen LogP contribution is -2.28. The topological polar surface area (TPSA) is 60.2 Å². The summed E-state index contributed by atoms with van der Waals surface area (Å²) in [6.07, 6.45) is 8.01. The van der Waals surface area contributed by atoms with Crippen molar-refractivity contribution in [2.24, 2.45) is 0 Å². The molecule has 6 heteroatoms. The lowest BCUT2D eigenvalue weighted by Gasteiger charge is -2.18. The van der Waals surface area contributed by atoms with Crippen LogP contribution in [0.1, 0.15) is 36.0 Å². The van der Waals surface area contributed by atoms with Crippen molar-refractivity contribution in [2.45, 2.75) is 31.8 Å². The van der Waals surface area contributed by atoms with Crippen molar-refractivity contribution in [3.63, 3.8) is 0 Å². The van der Waals surface area contributed by atoms with Crippen LogP contribution in [-0.4, -0.2) is 51.6 Å². The molecule has 0 radical (unpaired) electrons. The number of imidazole rings is 1. The highest BCUT2D eigenvalue weighted by Crippen LogP contribution is 2.19. The van der Waals surface area contributed by atoms with Crippen LogP contribution in [0.15, 0.2) is 48.9 Å². The summed E-state index contributed by atoms with van der Waals surface area (Å²) >= 11 is 0. The summed E-state index contributed by atoms with van der Waals surface area (Å²) in [7, 11) is 1.84. The molecule has 1 unspecified atom stereocenters. The number of nitrogens with zero attached hydrogens (tertiary/aromatic N) is 4. The van der Waals surface area contributed by atoms with E-state index in [2.05, 4.69) is 9.97 Å². The molecule has 4 rings (SSSR count). The molecule has 6 nitrogen and oxygen atoms in total. The van der Waals surface area contributed by atoms with Gasteiger partial charge in [-0.15, -0.1) is 0 Å². The molecule has 27 heavy (non-hydrogen) atoms. The minimum absolute atomic E-state index is 0.0222. The highest BCUT2D eigenvalue weighted by atomic mass is 16.5. The fraction of sp³-hybridized carbons (Fsp3) is 0.381. The molecule has 3 aromatic rings. The molecule has 1 aromatic carbocycles. The van der Waals surface area contributed by atoms with Crippen molar-refractivity contribution < 1.29 is 9.53 Å². The SMILES string of the molecule is CN(CCCC1CCCO1)C(=O)c1cnc2c(c1)ncn2-c1ccccc1. The van der Waals surface area contributed by atoms with Crippen molar-refractivity contribution in [1.29, 1.82) is 0 Å². The van der Waals surface area contributed by atoms with Gasteiger partial charge in [0.25, 0.3) is 5.91 Å². The summed E-state index contributed by atoms with van der Waals surface area (Å²) in [5, 5.41) is 0. The Morgan fingerprint density at radius 3 is 2.93 bits per heavy atom. The average Bonchev–Trinajstić information content (AvgIpc) is 3.37. The van der Waals surface area contributed by atoms with Gasteiger partial charge in [-0.25, -0.2) is 9.97 Å². The van der Waals surface area contributed by atoms with E-state index in [0.29, 0.717) is 11.7 Å². The van der Waals surface area contributed by atoms with Gasteiger partial charge < -0.3 is 9.64 Å². The minimum atomic E-state index is -0.0222. The predicted octanol–water partition coefficient (Wildman–Crippen LogP) is 3.45. The van der Waals surface area contributed by atoms with E-state index in [9.17, 15) is 4.79 Å². The van der Waals surface area contributed by atoms with Crippen LogP contribution in [0.25, 0.3) is 16.9 Å². The maximum atomic E-state index is 12.7. The standard InChI is InChI=1S/C21H24N4O2/c1-24(11-5-9-18-10-6-12-27-18)21(26)16-13-19-20(22-14-16)25(15-23-19)17-7-3-2-4-8-17/h2-4,7-8,13-15,18H,5-6,9-12H2,1H3. The number of rotatable bonds is 6. The first-order chi connectivity index (χ1) is 13.2. The quantitative estimate of drug-likeness (QED) is 0.672. The van der Waals surface area contributed by atoms with Crippen molar-refractivity contribution in [1.82, 2.24) is 19.4 Å². The van der Waals surface area contributed by atoms with E-state index >= 15 is 0 Å². The maximum absolute atomic E-state index is 12.7. The van der Waals surface area contributed by atoms with E-state index < -0.39 is 0 Å². The number of hydrogen-bond donors (Lipinski definition) is 0. The largest absolute Gasteiger partial charge is 0.378 e. The minimum Gasteiger partial charge on any atom is -0.378 e. The molecule has 0 spiro atoms. The molecule has 0 N–H and O–H groups in total. The lowest BCUT2D eigenvalue weighted by molar-refractivity contribution is 0.0763. The van der Waals surface area contributed by atoms with Crippen LogP contribution in [0.2, 0.25) is 0 Å². The first-order valence-corrected chi connectivity index (χ1v) is 9.48. The summed E-state index contributed by atoms with van der Waals surface area (Å²) in [5.74, 6) is -0.0222. The molecule has 0 bridgehead atoms. The summed E-state index contributed by atoms with van der Waals surface area (Å²) in [6, 6.07) is 11.8. The third kappa shape index (κ3) is 3.85. The monoisotopic (exact) mass is 364 g/mol. The van der Waals surface area contributed by atoms with Gasteiger partial charge >= 0.3 is 0 Å². The number of amides is 1. The molecule has 0 saturated carbocycles. The Bertz CT molecular complexity index is 916. The van der Waals surface area contributed by atoms with Gasteiger partial charge in [0.2, 0.25) is 0 Å². The van der Waals surface area contributed by atoms with E-state index in [-0.39, 0.29) is 5.91 Å². The molecular weight excluding hydrogens is 340 g/mol. The Morgan fingerprint density at radius 1 is 1.30 bits per heavy atom. The molecule has 0 aliphatic carbocycles. The van der Waals surface area contributed by atoms with Gasteiger partial charge in [-0.3, -0.25) is 9.36 Å². The number of hydrogen-bond acceptors (Lipinski definition) is 4. The molecule has 3 heterocycles. The number of ether oxygens (including phenoxy) is 1. The van der Waals surface area contributed by atoms with Gasteiger partial charge in [-0.1, -0.05) is 18.2 Å². The van der Waals surface area contributed by atoms with Crippen molar-refractivity contribution in [2.75, 3.05) is 20.2 Å². The summed E-state index contributed by atoms with van der Waals surface area (Å²) in [4.78, 5) is 23.4. The first-order valence-electron chi connectivity index (χ1n) is 9.48. The van der Waals surface area contributed by atoms with Crippen LogP contribution >= 0.6 is 0 Å². The Labute approximate surface area is 158 Å². The van der Waals surface area contributed by atoms with Crippen LogP contribution in [0.4, 0.5) is 0 Å². The number of fused-ring (bicyclic) bond motifs is 1. The van der Waals surface area contributed by atoms with Crippen LogP contribution in [0.5, 0.6) is 0 Å². The van der Waals surface area contributed by atoms with Gasteiger partial charge in [0, 0.05) is 32.1 Å². The lowest BCUT2D eigenvalue weighted by atomic mass is 10.1. The summed E-state index contributed by atoms with van der Waals surface area (Å²) in [6.45, 7) is 1.59. The van der Waals surface area contributed by atoms with Gasteiger partial charge in [-0.05, 0) is 43.9 Å². The Morgan fingerprint density at radius 2 is 2.15 bits per heavy atom. The molecule has 1 amide bonds. The third-order valence-electron chi connectivity index (χ3n) is 5.06. The number of pyridine rings is 1. The van der Waals surface area contributed by atoms with Crippen LogP contribution in [0.3, 0.4) is 0 Å². The molecular formula is C21H24N4O2. The molecule has 1 atom stereocenters. The zero-order valence-electron chi connectivity index (χ0n) is 15.5. The van der Waals surface area contributed by atoms with E-state index in [1.165, 1.54) is 0 Å². The predicted molar refractivity (Wildman–Crippen MR) is 104 cm³/mol. The van der Waals surface area contributed by atoms with Gasteiger partial charge in [-0.2, -0.15) is 0 Å². The Kier molecular flexibility index (Phi) is 5.16. The number of aromatic nitrogens is 3. The molecule has 140 valence electrons. The fourth-order valence-electron chi connectivity index (χ4n) is 3.55. The maximum Gasteiger partial charge on any atom is 0.255 e. The number of carbonyl (C=O) groups is 1. The Hall–Kier alpha value is -2.73. The van der Waals surface area contributed by atoms with Crippen LogP contribution in [-0.2, 0) is 4.74 Å². The average molecular weight is 364 g/mol. The zero-order chi connectivity index (χ0) is 18.6. The molecule has 1 saturated heterocycles. The van der Waals surface area contributed by atoms with Crippen LogP contribution in [0, 0.1) is 0 Å². The van der Waals surface area contributed by atoms with Crippen molar-refractivity contribution >= 4 is 17.1 Å². The van der Waals surface area contributed by atoms with E-state index in [1.807, 2.05) is 48.0 Å². The van der Waals surface area contributed by atoms with Crippen LogP contribution < -0.4 is 0 Å². The van der Waals surface area contributed by atoms with Gasteiger partial charge in [0.05, 0.1) is 11.7 Å². The number of para-hydroxylation sites is 1. The van der Waals surface area contributed by atoms with Gasteiger partial charge in [0.15, 0.2) is 5.65 Å². The number of benzene rings is 1. The summed E-state index contributed by atoms with van der Waals surface area (Å²) in [5.41, 5.74) is 3.04. The van der Waals surface area contributed by atoms with Crippen molar-refractivity contribution in [3.8, 4) is 5.69 Å². The molecule has 1 aliphatic heterocycles. The highest BCUT2D eigenvalue weighted by Gasteiger charge is 2.18. The van der Waals surface area contributed by atoms with E-state index in [0.717, 1.165) is 55.7 Å². The first kappa shape index (κ1) is 17.7. The number of carbonyl (C=O) groups excluding carboxylic acids is 1. The zero-order valence-corrected chi connectivity index (χ0v) is 15.5. The third-order valence-corrected chi connectivity index (χ3v) is 5.06. The van der Waals surface area contributed by atoms with Gasteiger partial charge in [0.1, 0.15) is 11.8 Å². The van der Waals surface area contributed by atoms with E-state index in [1.54, 1.807) is 17.4 Å². The highest BCUT2D eigenvalue weighted by molar-refractivity contribution is 5.96.